The second kappa shape index (κ2) is 10.1. The Balaban J connectivity index is 1.69. The number of benzene rings is 3. The topological polar surface area (TPSA) is 78.7 Å². The van der Waals surface area contributed by atoms with E-state index < -0.39 is 4.92 Å². The Morgan fingerprint density at radius 3 is 2.42 bits per heavy atom. The third-order valence-corrected chi connectivity index (χ3v) is 4.90. The van der Waals surface area contributed by atoms with Crippen molar-refractivity contribution in [3.8, 4) is 11.5 Å². The molecule has 0 atom stereocenters. The Bertz CT molecular complexity index is 1140. The third kappa shape index (κ3) is 5.84. The maximum absolute atomic E-state index is 12.4. The quantitative estimate of drug-likeness (QED) is 0.169. The summed E-state index contributed by atoms with van der Waals surface area (Å²) in [7, 11) is 1.51. The van der Waals surface area contributed by atoms with E-state index in [1.807, 2.05) is 0 Å². The predicted molar refractivity (Wildman–Crippen MR) is 120 cm³/mol. The molecule has 3 rings (SSSR count). The maximum atomic E-state index is 12.4. The number of nitrogens with zero attached hydrogens (tertiary/aromatic N) is 1. The molecule has 0 amide bonds. The molecule has 8 heteroatoms. The van der Waals surface area contributed by atoms with Crippen LogP contribution in [0, 0.1) is 10.1 Å². The van der Waals surface area contributed by atoms with E-state index in [2.05, 4.69) is 0 Å². The minimum absolute atomic E-state index is 0.0203. The fraction of sp³-hybridized carbons (Fsp3) is 0.0870. The van der Waals surface area contributed by atoms with E-state index >= 15 is 0 Å². The molecule has 3 aromatic carbocycles. The zero-order valence-corrected chi connectivity index (χ0v) is 17.9. The number of carbonyl (C=O) groups excluding carboxylic acids is 1. The maximum Gasteiger partial charge on any atom is 0.269 e. The normalized spacial score (nSPS) is 10.8. The van der Waals surface area contributed by atoms with E-state index in [9.17, 15) is 14.9 Å². The Morgan fingerprint density at radius 2 is 1.77 bits per heavy atom. The van der Waals surface area contributed by atoms with E-state index in [4.69, 9.17) is 32.7 Å². The molecule has 3 aromatic rings. The predicted octanol–water partition coefficient (Wildman–Crippen LogP) is 6.39. The van der Waals surface area contributed by atoms with Crippen LogP contribution in [0.15, 0.2) is 66.7 Å². The first-order valence-corrected chi connectivity index (χ1v) is 9.84. The summed E-state index contributed by atoms with van der Waals surface area (Å²) < 4.78 is 11.2. The van der Waals surface area contributed by atoms with Crippen molar-refractivity contribution in [2.45, 2.75) is 6.61 Å². The average Bonchev–Trinajstić information content (AvgIpc) is 2.76. The molecule has 0 aromatic heterocycles. The molecule has 0 saturated carbocycles. The highest BCUT2D eigenvalue weighted by molar-refractivity contribution is 6.37. The second-order valence-electron chi connectivity index (χ2n) is 6.44. The number of nitro benzene ring substituents is 1. The van der Waals surface area contributed by atoms with Gasteiger partial charge < -0.3 is 9.47 Å². The number of allylic oxidation sites excluding steroid dienone is 1. The average molecular weight is 458 g/mol. The number of halogens is 2. The van der Waals surface area contributed by atoms with Crippen LogP contribution in [-0.4, -0.2) is 17.8 Å². The van der Waals surface area contributed by atoms with E-state index in [-0.39, 0.29) is 23.1 Å². The summed E-state index contributed by atoms with van der Waals surface area (Å²) in [4.78, 5) is 22.7. The summed E-state index contributed by atoms with van der Waals surface area (Å²) in [6, 6.07) is 16.1. The van der Waals surface area contributed by atoms with Crippen molar-refractivity contribution in [3.05, 3.63) is 104 Å². The molecule has 0 saturated heterocycles. The molecule has 0 N–H and O–H groups in total. The number of hydrogen-bond donors (Lipinski definition) is 0. The Kier molecular flexibility index (Phi) is 7.28. The van der Waals surface area contributed by atoms with Gasteiger partial charge in [0.05, 0.1) is 17.1 Å². The van der Waals surface area contributed by atoms with Gasteiger partial charge >= 0.3 is 0 Å². The molecular formula is C23H17Cl2NO5. The second-order valence-corrected chi connectivity index (χ2v) is 7.29. The van der Waals surface area contributed by atoms with Crippen LogP contribution in [0.1, 0.15) is 21.5 Å². The Labute approximate surface area is 188 Å². The van der Waals surface area contributed by atoms with E-state index in [1.54, 1.807) is 48.5 Å². The van der Waals surface area contributed by atoms with Crippen molar-refractivity contribution in [2.75, 3.05) is 7.11 Å². The summed E-state index contributed by atoms with van der Waals surface area (Å²) in [6.45, 7) is 0.219. The zero-order valence-electron chi connectivity index (χ0n) is 16.4. The number of non-ortho nitro benzene ring substituents is 1. The molecule has 0 aliphatic rings. The van der Waals surface area contributed by atoms with Crippen LogP contribution in [0.25, 0.3) is 6.08 Å². The van der Waals surface area contributed by atoms with Gasteiger partial charge in [0.25, 0.3) is 5.69 Å². The number of ether oxygens (including phenoxy) is 2. The lowest BCUT2D eigenvalue weighted by Crippen LogP contribution is -1.98. The smallest absolute Gasteiger partial charge is 0.269 e. The highest BCUT2D eigenvalue weighted by Crippen LogP contribution is 2.30. The molecule has 0 heterocycles. The van der Waals surface area contributed by atoms with Gasteiger partial charge in [-0.1, -0.05) is 35.3 Å². The molecule has 158 valence electrons. The minimum atomic E-state index is -0.453. The van der Waals surface area contributed by atoms with Gasteiger partial charge in [-0.15, -0.1) is 0 Å². The molecule has 0 aliphatic heterocycles. The highest BCUT2D eigenvalue weighted by atomic mass is 35.5. The van der Waals surface area contributed by atoms with Gasteiger partial charge in [0.1, 0.15) is 6.61 Å². The van der Waals surface area contributed by atoms with Crippen LogP contribution in [-0.2, 0) is 6.61 Å². The largest absolute Gasteiger partial charge is 0.493 e. The molecule has 0 fully saturated rings. The summed E-state index contributed by atoms with van der Waals surface area (Å²) in [5.74, 6) is 0.741. The molecule has 0 aliphatic carbocycles. The van der Waals surface area contributed by atoms with Gasteiger partial charge in [0.15, 0.2) is 17.3 Å². The van der Waals surface area contributed by atoms with Gasteiger partial charge in [0.2, 0.25) is 0 Å². The first-order valence-electron chi connectivity index (χ1n) is 9.09. The van der Waals surface area contributed by atoms with Gasteiger partial charge in [-0.05, 0) is 59.7 Å². The zero-order chi connectivity index (χ0) is 22.4. The van der Waals surface area contributed by atoms with Crippen LogP contribution in [0.3, 0.4) is 0 Å². The van der Waals surface area contributed by atoms with Gasteiger partial charge in [-0.25, -0.2) is 0 Å². The number of nitro groups is 1. The summed E-state index contributed by atoms with van der Waals surface area (Å²) in [6.07, 6.45) is 3.07. The molecule has 0 spiro atoms. The minimum Gasteiger partial charge on any atom is -0.493 e. The van der Waals surface area contributed by atoms with Crippen LogP contribution in [0.2, 0.25) is 10.0 Å². The summed E-state index contributed by atoms with van der Waals surface area (Å²) in [5, 5.41) is 11.5. The van der Waals surface area contributed by atoms with Crippen LogP contribution in [0.4, 0.5) is 5.69 Å². The van der Waals surface area contributed by atoms with E-state index in [1.165, 1.54) is 31.4 Å². The fourth-order valence-corrected chi connectivity index (χ4v) is 3.23. The lowest BCUT2D eigenvalue weighted by atomic mass is 10.1. The molecule has 0 unspecified atom stereocenters. The Morgan fingerprint density at radius 1 is 1.03 bits per heavy atom. The number of hydrogen-bond acceptors (Lipinski definition) is 5. The van der Waals surface area contributed by atoms with Crippen molar-refractivity contribution in [1.82, 2.24) is 0 Å². The SMILES string of the molecule is COc1cc(/C=C/C(=O)c2ccc(Cl)cc2Cl)ccc1OCc1ccc([N+](=O)[O-])cc1. The standard InChI is InChI=1S/C23H17Cl2NO5/c1-30-23-12-15(4-10-21(27)19-9-6-17(24)13-20(19)25)5-11-22(23)31-14-16-2-7-18(8-3-16)26(28)29/h2-13H,14H2,1H3/b10-4+. The Hall–Kier alpha value is -3.35. The van der Waals surface area contributed by atoms with Gasteiger partial charge in [-0.2, -0.15) is 0 Å². The molecule has 6 nitrogen and oxygen atoms in total. The van der Waals surface area contributed by atoms with Crippen molar-refractivity contribution in [3.63, 3.8) is 0 Å². The van der Waals surface area contributed by atoms with Gasteiger partial charge in [0, 0.05) is 22.7 Å². The summed E-state index contributed by atoms with van der Waals surface area (Å²) in [5.41, 5.74) is 1.89. The van der Waals surface area contributed by atoms with Crippen molar-refractivity contribution in [2.24, 2.45) is 0 Å². The van der Waals surface area contributed by atoms with Crippen LogP contribution >= 0.6 is 23.2 Å². The first kappa shape index (κ1) is 22.3. The molecule has 31 heavy (non-hydrogen) atoms. The van der Waals surface area contributed by atoms with Crippen LogP contribution in [0.5, 0.6) is 11.5 Å². The highest BCUT2D eigenvalue weighted by Gasteiger charge is 2.10. The van der Waals surface area contributed by atoms with Crippen molar-refractivity contribution in [1.29, 1.82) is 0 Å². The third-order valence-electron chi connectivity index (χ3n) is 4.35. The lowest BCUT2D eigenvalue weighted by Gasteiger charge is -2.11. The van der Waals surface area contributed by atoms with Gasteiger partial charge in [-0.3, -0.25) is 14.9 Å². The van der Waals surface area contributed by atoms with Crippen molar-refractivity contribution < 1.29 is 19.2 Å². The monoisotopic (exact) mass is 457 g/mol. The van der Waals surface area contributed by atoms with Crippen molar-refractivity contribution >= 4 is 40.7 Å². The van der Waals surface area contributed by atoms with E-state index in [0.29, 0.717) is 22.1 Å². The molecule has 0 radical (unpaired) electrons. The molecule has 0 bridgehead atoms. The number of rotatable bonds is 8. The number of ketones is 1. The number of carbonyl (C=O) groups is 1. The van der Waals surface area contributed by atoms with Crippen LogP contribution < -0.4 is 9.47 Å². The fourth-order valence-electron chi connectivity index (χ4n) is 2.73. The first-order chi connectivity index (χ1) is 14.9. The lowest BCUT2D eigenvalue weighted by molar-refractivity contribution is -0.384. The molecular weight excluding hydrogens is 441 g/mol. The number of methoxy groups -OCH3 is 1. The van der Waals surface area contributed by atoms with E-state index in [0.717, 1.165) is 11.1 Å². The summed E-state index contributed by atoms with van der Waals surface area (Å²) >= 11 is 11.9.